The van der Waals surface area contributed by atoms with Crippen molar-refractivity contribution in [2.45, 2.75) is 39.2 Å². The molecule has 1 atom stereocenters. The van der Waals surface area contributed by atoms with Gasteiger partial charge in [-0.3, -0.25) is 0 Å². The van der Waals surface area contributed by atoms with Crippen LogP contribution in [-0.4, -0.2) is 27.4 Å². The maximum absolute atomic E-state index is 4.44. The predicted molar refractivity (Wildman–Crippen MR) is 70.0 cm³/mol. The molecule has 1 aromatic rings. The van der Waals surface area contributed by atoms with Gasteiger partial charge in [-0.25, -0.2) is 4.98 Å². The van der Waals surface area contributed by atoms with Crippen LogP contribution in [0.15, 0.2) is 0 Å². The van der Waals surface area contributed by atoms with Gasteiger partial charge in [0.05, 0.1) is 0 Å². The van der Waals surface area contributed by atoms with Crippen molar-refractivity contribution in [3.05, 3.63) is 5.82 Å². The highest BCUT2D eigenvalue weighted by molar-refractivity contribution is 7.98. The van der Waals surface area contributed by atoms with Crippen LogP contribution in [0.5, 0.6) is 0 Å². The van der Waals surface area contributed by atoms with Gasteiger partial charge >= 0.3 is 0 Å². The molecule has 1 aromatic heterocycles. The van der Waals surface area contributed by atoms with Gasteiger partial charge in [0.25, 0.3) is 0 Å². The number of nitrogens with zero attached hydrogens (tertiary/aromatic N) is 2. The second kappa shape index (κ2) is 7.06. The Morgan fingerprint density at radius 1 is 1.53 bits per heavy atom. The minimum absolute atomic E-state index is 0.486. The average Bonchev–Trinajstić information content (AvgIpc) is 2.63. The van der Waals surface area contributed by atoms with Crippen molar-refractivity contribution in [1.29, 1.82) is 0 Å². The molecular formula is C10H19N3S2. The van der Waals surface area contributed by atoms with Crippen LogP contribution in [0.25, 0.3) is 0 Å². The van der Waals surface area contributed by atoms with Crippen molar-refractivity contribution in [3.63, 3.8) is 0 Å². The van der Waals surface area contributed by atoms with Gasteiger partial charge in [-0.2, -0.15) is 16.1 Å². The SMILES string of the molecule is CCCc1nsc(NC(C)CCSC)n1. The number of anilines is 1. The van der Waals surface area contributed by atoms with Gasteiger partial charge in [-0.15, -0.1) is 0 Å². The molecule has 0 spiro atoms. The third-order valence-electron chi connectivity index (χ3n) is 2.07. The molecule has 0 aliphatic heterocycles. The maximum atomic E-state index is 4.44. The molecule has 15 heavy (non-hydrogen) atoms. The summed E-state index contributed by atoms with van der Waals surface area (Å²) in [7, 11) is 0. The van der Waals surface area contributed by atoms with Crippen molar-refractivity contribution >= 4 is 28.4 Å². The fourth-order valence-electron chi connectivity index (χ4n) is 1.22. The molecule has 0 amide bonds. The monoisotopic (exact) mass is 245 g/mol. The van der Waals surface area contributed by atoms with E-state index in [0.29, 0.717) is 6.04 Å². The zero-order valence-electron chi connectivity index (χ0n) is 9.62. The fraction of sp³-hybridized carbons (Fsp3) is 0.800. The van der Waals surface area contributed by atoms with E-state index in [1.54, 1.807) is 0 Å². The Labute approximate surface area is 100 Å². The van der Waals surface area contributed by atoms with Gasteiger partial charge in [-0.1, -0.05) is 6.92 Å². The molecule has 5 heteroatoms. The first kappa shape index (κ1) is 12.8. The first-order valence-corrected chi connectivity index (χ1v) is 7.51. The van der Waals surface area contributed by atoms with E-state index < -0.39 is 0 Å². The molecule has 0 radical (unpaired) electrons. The summed E-state index contributed by atoms with van der Waals surface area (Å²) < 4.78 is 4.30. The third kappa shape index (κ3) is 4.84. The quantitative estimate of drug-likeness (QED) is 0.801. The molecule has 86 valence electrons. The lowest BCUT2D eigenvalue weighted by Crippen LogP contribution is -2.15. The van der Waals surface area contributed by atoms with Crippen LogP contribution in [0.2, 0.25) is 0 Å². The normalized spacial score (nSPS) is 12.7. The van der Waals surface area contributed by atoms with E-state index in [2.05, 4.69) is 34.8 Å². The fourth-order valence-corrected chi connectivity index (χ4v) is 2.53. The van der Waals surface area contributed by atoms with E-state index in [0.717, 1.165) is 23.8 Å². The number of rotatable bonds is 7. The molecular weight excluding hydrogens is 226 g/mol. The molecule has 0 saturated carbocycles. The summed E-state index contributed by atoms with van der Waals surface area (Å²) in [6, 6.07) is 0.486. The van der Waals surface area contributed by atoms with Gasteiger partial charge in [0.2, 0.25) is 5.13 Å². The Morgan fingerprint density at radius 2 is 2.33 bits per heavy atom. The van der Waals surface area contributed by atoms with E-state index in [1.165, 1.54) is 23.7 Å². The summed E-state index contributed by atoms with van der Waals surface area (Å²) in [4.78, 5) is 4.44. The number of hydrogen-bond acceptors (Lipinski definition) is 5. The van der Waals surface area contributed by atoms with E-state index in [9.17, 15) is 0 Å². The summed E-state index contributed by atoms with van der Waals surface area (Å²) >= 11 is 3.35. The molecule has 0 fully saturated rings. The van der Waals surface area contributed by atoms with Gasteiger partial charge in [0.1, 0.15) is 5.82 Å². The second-order valence-electron chi connectivity index (χ2n) is 3.59. The number of nitrogens with one attached hydrogen (secondary N) is 1. The first-order chi connectivity index (χ1) is 7.26. The molecule has 1 rings (SSSR count). The molecule has 0 bridgehead atoms. The number of aromatic nitrogens is 2. The maximum Gasteiger partial charge on any atom is 0.202 e. The van der Waals surface area contributed by atoms with Crippen LogP contribution in [0.1, 0.15) is 32.5 Å². The van der Waals surface area contributed by atoms with Gasteiger partial charge in [0.15, 0.2) is 0 Å². The van der Waals surface area contributed by atoms with Crippen molar-refractivity contribution in [2.24, 2.45) is 0 Å². The molecule has 3 nitrogen and oxygen atoms in total. The van der Waals surface area contributed by atoms with Crippen molar-refractivity contribution in [2.75, 3.05) is 17.3 Å². The Balaban J connectivity index is 2.35. The summed E-state index contributed by atoms with van der Waals surface area (Å²) in [5.74, 6) is 2.16. The van der Waals surface area contributed by atoms with E-state index >= 15 is 0 Å². The first-order valence-electron chi connectivity index (χ1n) is 5.34. The topological polar surface area (TPSA) is 37.8 Å². The lowest BCUT2D eigenvalue weighted by Gasteiger charge is -2.10. The summed E-state index contributed by atoms with van der Waals surface area (Å²) in [5, 5.41) is 4.35. The van der Waals surface area contributed by atoms with E-state index in [-0.39, 0.29) is 0 Å². The predicted octanol–water partition coefficient (Wildman–Crippen LogP) is 3.04. The largest absolute Gasteiger partial charge is 0.358 e. The smallest absolute Gasteiger partial charge is 0.202 e. The van der Waals surface area contributed by atoms with E-state index in [1.807, 2.05) is 11.8 Å². The highest BCUT2D eigenvalue weighted by Crippen LogP contribution is 2.14. The Kier molecular flexibility index (Phi) is 6.02. The van der Waals surface area contributed by atoms with Crippen LogP contribution in [0, 0.1) is 0 Å². The van der Waals surface area contributed by atoms with Crippen LogP contribution in [0.4, 0.5) is 5.13 Å². The Bertz CT molecular complexity index is 275. The highest BCUT2D eigenvalue weighted by Gasteiger charge is 2.06. The highest BCUT2D eigenvalue weighted by atomic mass is 32.2. The Morgan fingerprint density at radius 3 is 3.00 bits per heavy atom. The number of hydrogen-bond donors (Lipinski definition) is 1. The molecule has 1 N–H and O–H groups in total. The van der Waals surface area contributed by atoms with Crippen LogP contribution in [-0.2, 0) is 6.42 Å². The average molecular weight is 245 g/mol. The lowest BCUT2D eigenvalue weighted by atomic mass is 10.3. The number of thioether (sulfide) groups is 1. The minimum Gasteiger partial charge on any atom is -0.358 e. The van der Waals surface area contributed by atoms with Crippen LogP contribution in [0.3, 0.4) is 0 Å². The number of aryl methyl sites for hydroxylation is 1. The summed E-state index contributed by atoms with van der Waals surface area (Å²) in [6.45, 7) is 4.34. The molecule has 0 aromatic carbocycles. The van der Waals surface area contributed by atoms with Crippen molar-refractivity contribution < 1.29 is 0 Å². The molecule has 1 unspecified atom stereocenters. The van der Waals surface area contributed by atoms with Crippen LogP contribution < -0.4 is 5.32 Å². The van der Waals surface area contributed by atoms with Gasteiger partial charge < -0.3 is 5.32 Å². The zero-order valence-corrected chi connectivity index (χ0v) is 11.2. The standard InChI is InChI=1S/C10H19N3S2/c1-4-5-9-12-10(15-13-9)11-8(2)6-7-14-3/h8H,4-7H2,1-3H3,(H,11,12,13). The van der Waals surface area contributed by atoms with Gasteiger partial charge in [-0.05, 0) is 31.8 Å². The zero-order chi connectivity index (χ0) is 11.1. The molecule has 0 aliphatic rings. The minimum atomic E-state index is 0.486. The lowest BCUT2D eigenvalue weighted by molar-refractivity contribution is 0.768. The second-order valence-corrected chi connectivity index (χ2v) is 5.33. The molecule has 1 heterocycles. The van der Waals surface area contributed by atoms with E-state index in [4.69, 9.17) is 0 Å². The summed E-state index contributed by atoms with van der Waals surface area (Å²) in [5.41, 5.74) is 0. The van der Waals surface area contributed by atoms with Crippen molar-refractivity contribution in [3.8, 4) is 0 Å². The molecule has 0 aliphatic carbocycles. The molecule has 0 saturated heterocycles. The van der Waals surface area contributed by atoms with Crippen LogP contribution >= 0.6 is 23.3 Å². The van der Waals surface area contributed by atoms with Crippen molar-refractivity contribution in [1.82, 2.24) is 9.36 Å². The third-order valence-corrected chi connectivity index (χ3v) is 3.39. The summed E-state index contributed by atoms with van der Waals surface area (Å²) in [6.07, 6.45) is 5.40. The Hall–Kier alpha value is -0.290. The van der Waals surface area contributed by atoms with Gasteiger partial charge in [0, 0.05) is 24.0 Å².